The summed E-state index contributed by atoms with van der Waals surface area (Å²) in [5.41, 5.74) is 0.905. The second kappa shape index (κ2) is 10.1. The number of hydrogen-bond donors (Lipinski definition) is 0. The molecule has 0 radical (unpaired) electrons. The van der Waals surface area contributed by atoms with Crippen molar-refractivity contribution in [2.24, 2.45) is 0 Å². The summed E-state index contributed by atoms with van der Waals surface area (Å²) in [5.74, 6) is -0.632. The van der Waals surface area contributed by atoms with Gasteiger partial charge in [0.2, 0.25) is 5.91 Å². The maximum Gasteiger partial charge on any atom is 0.333 e. The van der Waals surface area contributed by atoms with Crippen molar-refractivity contribution in [3.63, 3.8) is 0 Å². The Morgan fingerprint density at radius 2 is 1.93 bits per heavy atom. The van der Waals surface area contributed by atoms with E-state index in [2.05, 4.69) is 9.64 Å². The molecule has 2 aliphatic rings. The summed E-state index contributed by atoms with van der Waals surface area (Å²) >= 11 is 1.35. The topological polar surface area (TPSA) is 70.2 Å². The van der Waals surface area contributed by atoms with E-state index in [0.29, 0.717) is 41.7 Å². The van der Waals surface area contributed by atoms with E-state index in [0.717, 1.165) is 26.1 Å². The molecular formula is C21H26FN3O4S. The van der Waals surface area contributed by atoms with Gasteiger partial charge in [0.15, 0.2) is 5.78 Å². The predicted octanol–water partition coefficient (Wildman–Crippen LogP) is 2.13. The van der Waals surface area contributed by atoms with Crippen LogP contribution in [0.15, 0.2) is 29.3 Å². The number of thioether (sulfide) groups is 1. The van der Waals surface area contributed by atoms with Crippen LogP contribution in [0.5, 0.6) is 0 Å². The number of esters is 1. The number of carbonyl (C=O) groups is 3. The maximum atomic E-state index is 14.4. The molecule has 2 heterocycles. The van der Waals surface area contributed by atoms with Crippen molar-refractivity contribution in [1.82, 2.24) is 9.80 Å². The molecule has 0 saturated carbocycles. The van der Waals surface area contributed by atoms with Crippen molar-refractivity contribution in [3.05, 3.63) is 40.7 Å². The Hall–Kier alpha value is -2.39. The molecular weight excluding hydrogens is 409 g/mol. The molecule has 0 atom stereocenters. The first-order chi connectivity index (χ1) is 14.4. The zero-order valence-corrected chi connectivity index (χ0v) is 18.0. The van der Waals surface area contributed by atoms with Crippen LogP contribution in [0.1, 0.15) is 23.7 Å². The van der Waals surface area contributed by atoms with E-state index < -0.39 is 5.97 Å². The van der Waals surface area contributed by atoms with Gasteiger partial charge in [0.25, 0.3) is 0 Å². The number of methoxy groups -OCH3 is 1. The van der Waals surface area contributed by atoms with Crippen LogP contribution in [0, 0.1) is 5.82 Å². The Bertz CT molecular complexity index is 853. The number of ether oxygens (including phenoxy) is 1. The minimum Gasteiger partial charge on any atom is -0.466 e. The highest BCUT2D eigenvalue weighted by atomic mass is 32.2. The molecule has 0 aromatic heterocycles. The van der Waals surface area contributed by atoms with Gasteiger partial charge in [-0.25, -0.2) is 9.18 Å². The third-order valence-electron chi connectivity index (χ3n) is 5.28. The lowest BCUT2D eigenvalue weighted by molar-refractivity contribution is -0.134. The molecule has 0 aliphatic carbocycles. The summed E-state index contributed by atoms with van der Waals surface area (Å²) < 4.78 is 19.0. The molecule has 0 bridgehead atoms. The second-order valence-electron chi connectivity index (χ2n) is 7.24. The average Bonchev–Trinajstić information content (AvgIpc) is 3.07. The molecule has 1 aromatic rings. The van der Waals surface area contributed by atoms with Crippen molar-refractivity contribution >= 4 is 35.1 Å². The minimum absolute atomic E-state index is 0.00413. The number of halogens is 1. The maximum absolute atomic E-state index is 14.4. The minimum atomic E-state index is -0.461. The van der Waals surface area contributed by atoms with Crippen LogP contribution in [-0.4, -0.2) is 79.6 Å². The predicted molar refractivity (Wildman–Crippen MR) is 114 cm³/mol. The van der Waals surface area contributed by atoms with Gasteiger partial charge in [-0.3, -0.25) is 14.5 Å². The lowest BCUT2D eigenvalue weighted by Gasteiger charge is -2.36. The second-order valence-corrected chi connectivity index (χ2v) is 8.24. The highest BCUT2D eigenvalue weighted by Gasteiger charge is 2.27. The van der Waals surface area contributed by atoms with Crippen LogP contribution in [0.2, 0.25) is 0 Å². The molecule has 3 rings (SSSR count). The van der Waals surface area contributed by atoms with E-state index in [1.165, 1.54) is 37.9 Å². The molecule has 0 N–H and O–H groups in total. The monoisotopic (exact) mass is 435 g/mol. The van der Waals surface area contributed by atoms with Crippen LogP contribution in [0.25, 0.3) is 0 Å². The SMILES string of the molecule is COC(=O)/C=C1/SCC(=O)N1CCCN1CCN(c2ccc(C(C)=O)cc2F)CC1. The van der Waals surface area contributed by atoms with Crippen molar-refractivity contribution in [2.45, 2.75) is 13.3 Å². The fourth-order valence-electron chi connectivity index (χ4n) is 3.58. The van der Waals surface area contributed by atoms with E-state index in [-0.39, 0.29) is 17.5 Å². The fourth-order valence-corrected chi connectivity index (χ4v) is 4.53. The van der Waals surface area contributed by atoms with Crippen LogP contribution in [-0.2, 0) is 14.3 Å². The highest BCUT2D eigenvalue weighted by molar-refractivity contribution is 8.04. The largest absolute Gasteiger partial charge is 0.466 e. The van der Waals surface area contributed by atoms with E-state index >= 15 is 0 Å². The van der Waals surface area contributed by atoms with Crippen LogP contribution in [0.4, 0.5) is 10.1 Å². The molecule has 9 heteroatoms. The van der Waals surface area contributed by atoms with E-state index in [1.54, 1.807) is 17.0 Å². The zero-order valence-electron chi connectivity index (χ0n) is 17.2. The van der Waals surface area contributed by atoms with Gasteiger partial charge in [-0.2, -0.15) is 0 Å². The van der Waals surface area contributed by atoms with Crippen molar-refractivity contribution < 1.29 is 23.5 Å². The summed E-state index contributed by atoms with van der Waals surface area (Å²) in [7, 11) is 1.31. The molecule has 2 aliphatic heterocycles. The number of ketones is 1. The number of hydrogen-bond acceptors (Lipinski definition) is 7. The van der Waals surface area contributed by atoms with Crippen LogP contribution >= 0.6 is 11.8 Å². The van der Waals surface area contributed by atoms with Gasteiger partial charge in [-0.15, -0.1) is 0 Å². The van der Waals surface area contributed by atoms with Crippen molar-refractivity contribution in [3.8, 4) is 0 Å². The van der Waals surface area contributed by atoms with E-state index in [4.69, 9.17) is 0 Å². The molecule has 30 heavy (non-hydrogen) atoms. The van der Waals surface area contributed by atoms with Gasteiger partial charge in [0.1, 0.15) is 5.82 Å². The Morgan fingerprint density at radius 1 is 1.20 bits per heavy atom. The van der Waals surface area contributed by atoms with Gasteiger partial charge < -0.3 is 14.5 Å². The number of anilines is 1. The number of benzene rings is 1. The molecule has 162 valence electrons. The molecule has 0 spiro atoms. The summed E-state index contributed by atoms with van der Waals surface area (Å²) in [4.78, 5) is 40.8. The summed E-state index contributed by atoms with van der Waals surface area (Å²) in [6.07, 6.45) is 2.15. The molecule has 2 fully saturated rings. The summed E-state index contributed by atoms with van der Waals surface area (Å²) in [6.45, 7) is 5.78. The number of rotatable bonds is 7. The highest BCUT2D eigenvalue weighted by Crippen LogP contribution is 2.29. The van der Waals surface area contributed by atoms with Crippen LogP contribution in [0.3, 0.4) is 0 Å². The summed E-state index contributed by atoms with van der Waals surface area (Å²) in [5, 5.41) is 0.640. The smallest absolute Gasteiger partial charge is 0.333 e. The Morgan fingerprint density at radius 3 is 2.57 bits per heavy atom. The number of nitrogens with zero attached hydrogens (tertiary/aromatic N) is 3. The van der Waals surface area contributed by atoms with E-state index in [1.807, 2.05) is 4.90 Å². The normalized spacial score (nSPS) is 18.9. The van der Waals surface area contributed by atoms with Gasteiger partial charge in [-0.05, 0) is 38.1 Å². The standard InChI is InChI=1S/C21H26FN3O4S/c1-15(26)16-4-5-18(17(22)12-16)24-10-8-23(9-11-24)6-3-7-25-19(27)14-30-20(25)13-21(28)29-2/h4-5,12-13H,3,6-11,14H2,1-2H3/b20-13+. The van der Waals surface area contributed by atoms with E-state index in [9.17, 15) is 18.8 Å². The number of amides is 1. The zero-order chi connectivity index (χ0) is 21.7. The number of Topliss-reactive ketones (excluding diaryl/α,β-unsaturated/α-hetero) is 1. The third-order valence-corrected chi connectivity index (χ3v) is 6.30. The van der Waals surface area contributed by atoms with Gasteiger partial charge >= 0.3 is 5.97 Å². The Kier molecular flexibility index (Phi) is 7.49. The fraction of sp³-hybridized carbons (Fsp3) is 0.476. The van der Waals surface area contributed by atoms with Crippen molar-refractivity contribution in [2.75, 3.05) is 57.0 Å². The third kappa shape index (κ3) is 5.40. The molecule has 7 nitrogen and oxygen atoms in total. The average molecular weight is 436 g/mol. The Labute approximate surface area is 179 Å². The first kappa shape index (κ1) is 22.3. The van der Waals surface area contributed by atoms with Gasteiger partial charge in [0.05, 0.1) is 29.7 Å². The van der Waals surface area contributed by atoms with Gasteiger partial charge in [-0.1, -0.05) is 11.8 Å². The van der Waals surface area contributed by atoms with Crippen LogP contribution < -0.4 is 4.90 Å². The molecule has 1 aromatic carbocycles. The molecule has 2 saturated heterocycles. The quantitative estimate of drug-likeness (QED) is 0.369. The van der Waals surface area contributed by atoms with Gasteiger partial charge in [0, 0.05) is 38.3 Å². The van der Waals surface area contributed by atoms with Crippen molar-refractivity contribution in [1.29, 1.82) is 0 Å². The first-order valence-electron chi connectivity index (χ1n) is 9.89. The first-order valence-corrected chi connectivity index (χ1v) is 10.9. The Balaban J connectivity index is 1.47. The number of piperazine rings is 1. The summed E-state index contributed by atoms with van der Waals surface area (Å²) in [6, 6.07) is 4.64. The number of carbonyl (C=O) groups excluding carboxylic acids is 3. The molecule has 1 amide bonds. The lowest BCUT2D eigenvalue weighted by Crippen LogP contribution is -2.47. The molecule has 0 unspecified atom stereocenters. The lowest BCUT2D eigenvalue weighted by atomic mass is 10.1.